The monoisotopic (exact) mass is 708 g/mol. The van der Waals surface area contributed by atoms with Crippen LogP contribution in [-0.4, -0.2) is 113 Å². The molecule has 0 radical (unpaired) electrons. The molecule has 4 N–H and O–H groups in total. The lowest BCUT2D eigenvalue weighted by atomic mass is 10.0. The number of likely N-dealkylation sites (tertiary alicyclic amines) is 1. The summed E-state index contributed by atoms with van der Waals surface area (Å²) in [5, 5.41) is 12.4. The Bertz CT molecular complexity index is 1560. The molecule has 4 aliphatic rings. The number of nitrogens with one attached hydrogen (secondary N) is 1. The van der Waals surface area contributed by atoms with Crippen LogP contribution in [0.4, 0.5) is 34.1 Å². The fourth-order valence-electron chi connectivity index (χ4n) is 7.11. The number of carbonyl (C=O) groups is 3. The Morgan fingerprint density at radius 1 is 1.00 bits per heavy atom. The minimum atomic E-state index is -4.78. The van der Waals surface area contributed by atoms with Gasteiger partial charge in [0.2, 0.25) is 0 Å². The number of aromatic hydroxyl groups is 1. The molecule has 3 fully saturated rings. The minimum absolute atomic E-state index is 0.0552. The zero-order valence-corrected chi connectivity index (χ0v) is 27.6. The summed E-state index contributed by atoms with van der Waals surface area (Å²) >= 11 is 6.08. The maximum Gasteiger partial charge on any atom is 0.418 e. The number of halogens is 4. The molecule has 0 saturated carbocycles. The highest BCUT2D eigenvalue weighted by molar-refractivity contribution is 6.33. The number of urea groups is 1. The van der Waals surface area contributed by atoms with Crippen molar-refractivity contribution >= 4 is 41.0 Å². The molecule has 0 spiro atoms. The highest BCUT2D eigenvalue weighted by Crippen LogP contribution is 2.38. The van der Waals surface area contributed by atoms with E-state index >= 15 is 0 Å². The minimum Gasteiger partial charge on any atom is -0.508 e. The Hall–Kier alpha value is -3.95. The Morgan fingerprint density at radius 3 is 2.37 bits per heavy atom. The Kier molecular flexibility index (Phi) is 10.3. The number of ether oxygens (including phenoxy) is 2. The number of anilines is 2. The normalized spacial score (nSPS) is 20.5. The summed E-state index contributed by atoms with van der Waals surface area (Å²) < 4.78 is 52.6. The second kappa shape index (κ2) is 14.5. The molecule has 0 aliphatic carbocycles. The van der Waals surface area contributed by atoms with Gasteiger partial charge >= 0.3 is 18.3 Å². The Labute approximate surface area is 286 Å². The van der Waals surface area contributed by atoms with Gasteiger partial charge in [-0.1, -0.05) is 11.6 Å². The molecule has 12 nitrogen and oxygen atoms in total. The lowest BCUT2D eigenvalue weighted by Crippen LogP contribution is -2.56. The van der Waals surface area contributed by atoms with Gasteiger partial charge in [-0.05, 0) is 67.1 Å². The van der Waals surface area contributed by atoms with E-state index in [1.807, 2.05) is 0 Å². The van der Waals surface area contributed by atoms with Crippen LogP contribution < -0.4 is 11.1 Å². The van der Waals surface area contributed by atoms with E-state index in [-0.39, 0.29) is 47.9 Å². The number of rotatable bonds is 6. The van der Waals surface area contributed by atoms with Crippen molar-refractivity contribution in [2.45, 2.75) is 63.0 Å². The van der Waals surface area contributed by atoms with Gasteiger partial charge in [-0.2, -0.15) is 13.2 Å². The summed E-state index contributed by atoms with van der Waals surface area (Å²) in [5.74, 6) is -0.406. The maximum absolute atomic E-state index is 13.9. The van der Waals surface area contributed by atoms with Crippen LogP contribution in [0.2, 0.25) is 5.02 Å². The number of piperazine rings is 1. The number of amides is 4. The third-order valence-electron chi connectivity index (χ3n) is 9.86. The van der Waals surface area contributed by atoms with Crippen molar-refractivity contribution in [3.63, 3.8) is 0 Å². The van der Waals surface area contributed by atoms with Gasteiger partial charge in [-0.3, -0.25) is 9.69 Å². The van der Waals surface area contributed by atoms with Gasteiger partial charge in [0.05, 0.1) is 16.3 Å². The summed E-state index contributed by atoms with van der Waals surface area (Å²) in [4.78, 5) is 47.3. The van der Waals surface area contributed by atoms with Crippen molar-refractivity contribution in [2.75, 3.05) is 63.5 Å². The fourth-order valence-corrected chi connectivity index (χ4v) is 7.35. The number of hydrogen-bond acceptors (Lipinski definition) is 8. The zero-order valence-electron chi connectivity index (χ0n) is 26.9. The number of nitrogen functional groups attached to an aromatic ring is 1. The van der Waals surface area contributed by atoms with E-state index < -0.39 is 35.5 Å². The lowest BCUT2D eigenvalue weighted by Gasteiger charge is -2.42. The molecule has 2 aromatic carbocycles. The average Bonchev–Trinajstić information content (AvgIpc) is 3.09. The molecule has 4 heterocycles. The SMILES string of the molecule is Nc1c(Cl)cc(C[C@@H](OC(=O)N2CCC(N3Cc4cc(O)ccc4NC3=O)CC2)C(=O)N2CCN(C3CCOCC3)CC2)cc1C(F)(F)F. The number of phenols is 1. The van der Waals surface area contributed by atoms with Gasteiger partial charge < -0.3 is 40.3 Å². The molecule has 49 heavy (non-hydrogen) atoms. The predicted molar refractivity (Wildman–Crippen MR) is 174 cm³/mol. The summed E-state index contributed by atoms with van der Waals surface area (Å²) in [5.41, 5.74) is 5.34. The third-order valence-corrected chi connectivity index (χ3v) is 10.2. The van der Waals surface area contributed by atoms with Crippen molar-refractivity contribution in [1.82, 2.24) is 19.6 Å². The van der Waals surface area contributed by atoms with Crippen molar-refractivity contribution in [2.24, 2.45) is 0 Å². The number of hydrogen-bond donors (Lipinski definition) is 3. The van der Waals surface area contributed by atoms with E-state index in [1.165, 1.54) is 17.0 Å². The number of carbonyl (C=O) groups excluding carboxylic acids is 3. The van der Waals surface area contributed by atoms with Crippen LogP contribution in [0.1, 0.15) is 42.4 Å². The van der Waals surface area contributed by atoms with E-state index in [9.17, 15) is 32.7 Å². The Balaban J connectivity index is 1.13. The van der Waals surface area contributed by atoms with E-state index in [0.717, 1.165) is 24.5 Å². The standard InChI is InChI=1S/C33H40ClF3N6O6/c34-26-16-20(15-25(29(26)38)33(35,36)37)17-28(30(45)41-11-9-40(10-12-41)22-5-13-48-14-6-22)49-32(47)42-7-3-23(4-8-42)43-19-21-18-24(44)1-2-27(21)39-31(43)46/h1-2,15-16,18,22-23,28,44H,3-14,17,19,38H2,(H,39,46)/t28-/m1/s1. The topological polar surface area (TPSA) is 141 Å². The van der Waals surface area contributed by atoms with Crippen molar-refractivity contribution in [3.05, 3.63) is 52.0 Å². The number of piperidine rings is 1. The van der Waals surface area contributed by atoms with Gasteiger partial charge in [-0.25, -0.2) is 9.59 Å². The highest BCUT2D eigenvalue weighted by atomic mass is 35.5. The molecule has 266 valence electrons. The van der Waals surface area contributed by atoms with E-state index in [2.05, 4.69) is 10.2 Å². The predicted octanol–water partition coefficient (Wildman–Crippen LogP) is 4.53. The number of phenolic OH excluding ortho intramolecular Hbond substituents is 1. The molecule has 3 saturated heterocycles. The van der Waals surface area contributed by atoms with Gasteiger partial charge in [-0.15, -0.1) is 0 Å². The molecule has 4 aliphatic heterocycles. The second-order valence-electron chi connectivity index (χ2n) is 12.9. The number of fused-ring (bicyclic) bond motifs is 1. The van der Waals surface area contributed by atoms with Crippen molar-refractivity contribution in [3.8, 4) is 5.75 Å². The van der Waals surface area contributed by atoms with Crippen molar-refractivity contribution < 1.29 is 42.1 Å². The molecule has 1 atom stereocenters. The van der Waals surface area contributed by atoms with Crippen LogP contribution in [0.5, 0.6) is 5.75 Å². The number of nitrogens with two attached hydrogens (primary N) is 1. The smallest absolute Gasteiger partial charge is 0.418 e. The fraction of sp³-hybridized carbons (Fsp3) is 0.545. The maximum atomic E-state index is 13.9. The van der Waals surface area contributed by atoms with E-state index in [0.29, 0.717) is 70.5 Å². The number of benzene rings is 2. The summed E-state index contributed by atoms with van der Waals surface area (Å²) in [6.07, 6.45) is -4.60. The van der Waals surface area contributed by atoms with Crippen LogP contribution >= 0.6 is 11.6 Å². The first-order valence-corrected chi connectivity index (χ1v) is 16.9. The van der Waals surface area contributed by atoms with Crippen molar-refractivity contribution in [1.29, 1.82) is 0 Å². The number of alkyl halides is 3. The summed E-state index contributed by atoms with van der Waals surface area (Å²) in [7, 11) is 0. The Morgan fingerprint density at radius 2 is 1.69 bits per heavy atom. The van der Waals surface area contributed by atoms with Gasteiger partial charge in [0, 0.05) is 83.2 Å². The first kappa shape index (κ1) is 34.9. The lowest BCUT2D eigenvalue weighted by molar-refractivity contribution is -0.143. The molecule has 4 amide bonds. The van der Waals surface area contributed by atoms with Crippen LogP contribution in [0.15, 0.2) is 30.3 Å². The first-order valence-electron chi connectivity index (χ1n) is 16.5. The molecule has 0 unspecified atom stereocenters. The molecular formula is C33H40ClF3N6O6. The van der Waals surface area contributed by atoms with Crippen LogP contribution in [0.25, 0.3) is 0 Å². The molecule has 0 bridgehead atoms. The molecular weight excluding hydrogens is 669 g/mol. The molecule has 2 aromatic rings. The second-order valence-corrected chi connectivity index (χ2v) is 13.3. The van der Waals surface area contributed by atoms with Gasteiger partial charge in [0.25, 0.3) is 5.91 Å². The van der Waals surface area contributed by atoms with Crippen LogP contribution in [-0.2, 0) is 33.4 Å². The third kappa shape index (κ3) is 7.94. The highest BCUT2D eigenvalue weighted by Gasteiger charge is 2.38. The molecule has 16 heteroatoms. The summed E-state index contributed by atoms with van der Waals surface area (Å²) in [6, 6.07) is 6.73. The van der Waals surface area contributed by atoms with E-state index in [1.54, 1.807) is 21.9 Å². The average molecular weight is 709 g/mol. The van der Waals surface area contributed by atoms with Gasteiger partial charge in [0.15, 0.2) is 6.10 Å². The van der Waals surface area contributed by atoms with E-state index in [4.69, 9.17) is 26.8 Å². The molecule has 0 aromatic heterocycles. The summed E-state index contributed by atoms with van der Waals surface area (Å²) in [6.45, 7) is 4.13. The largest absolute Gasteiger partial charge is 0.508 e. The quantitative estimate of drug-likeness (QED) is 0.294. The first-order chi connectivity index (χ1) is 23.4. The van der Waals surface area contributed by atoms with Crippen LogP contribution in [0.3, 0.4) is 0 Å². The van der Waals surface area contributed by atoms with Gasteiger partial charge in [0.1, 0.15) is 5.75 Å². The van der Waals surface area contributed by atoms with Crippen LogP contribution in [0, 0.1) is 0 Å². The number of nitrogens with zero attached hydrogens (tertiary/aromatic N) is 4. The molecule has 6 rings (SSSR count). The zero-order chi connectivity index (χ0) is 34.9.